The average Bonchev–Trinajstić information content (AvgIpc) is 2.81. The van der Waals surface area contributed by atoms with E-state index in [0.717, 1.165) is 28.6 Å². The van der Waals surface area contributed by atoms with Crippen LogP contribution in [-0.4, -0.2) is 13.2 Å². The Hall–Kier alpha value is -1.03. The summed E-state index contributed by atoms with van der Waals surface area (Å²) in [5.41, 5.74) is 2.31. The van der Waals surface area contributed by atoms with E-state index in [4.69, 9.17) is 16.3 Å². The van der Waals surface area contributed by atoms with Crippen LogP contribution in [-0.2, 0) is 0 Å². The molecule has 0 aliphatic rings. The maximum atomic E-state index is 6.26. The van der Waals surface area contributed by atoms with Gasteiger partial charge in [-0.2, -0.15) is 0 Å². The first-order valence-corrected chi connectivity index (χ1v) is 8.57. The lowest BCUT2D eigenvalue weighted by atomic mass is 10.0. The van der Waals surface area contributed by atoms with E-state index in [2.05, 4.69) is 30.4 Å². The van der Waals surface area contributed by atoms with Crippen molar-refractivity contribution in [1.29, 1.82) is 0 Å². The molecule has 0 aliphatic carbocycles. The first kappa shape index (κ1) is 16.3. The van der Waals surface area contributed by atoms with Crippen LogP contribution in [0.5, 0.6) is 5.75 Å². The molecule has 0 radical (unpaired) electrons. The standard InChI is InChI=1S/C17H22ClNOS/c1-4-10-19-16(15-11-12(3)17(18)21-15)13-8-6-7-9-14(13)20-5-2/h6-9,11,16,19H,4-5,10H2,1-3H3. The van der Waals surface area contributed by atoms with Crippen molar-refractivity contribution >= 4 is 22.9 Å². The minimum atomic E-state index is 0.129. The second-order valence-corrected chi connectivity index (χ2v) is 6.65. The highest BCUT2D eigenvalue weighted by Gasteiger charge is 2.20. The summed E-state index contributed by atoms with van der Waals surface area (Å²) in [6.07, 6.45) is 1.09. The molecule has 1 unspecified atom stereocenters. The monoisotopic (exact) mass is 323 g/mol. The number of thiophene rings is 1. The van der Waals surface area contributed by atoms with Crippen molar-refractivity contribution in [3.05, 3.63) is 50.7 Å². The van der Waals surface area contributed by atoms with E-state index < -0.39 is 0 Å². The van der Waals surface area contributed by atoms with Gasteiger partial charge in [-0.05, 0) is 44.5 Å². The number of halogens is 1. The van der Waals surface area contributed by atoms with Gasteiger partial charge in [-0.15, -0.1) is 11.3 Å². The molecule has 2 nitrogen and oxygen atoms in total. The summed E-state index contributed by atoms with van der Waals surface area (Å²) in [5, 5.41) is 3.61. The molecule has 1 aromatic carbocycles. The summed E-state index contributed by atoms with van der Waals surface area (Å²) in [7, 11) is 0. The predicted octanol–water partition coefficient (Wildman–Crippen LogP) is 5.20. The molecule has 1 aromatic heterocycles. The minimum Gasteiger partial charge on any atom is -0.494 e. The molecule has 0 fully saturated rings. The van der Waals surface area contributed by atoms with E-state index in [1.807, 2.05) is 26.0 Å². The fraction of sp³-hybridized carbons (Fsp3) is 0.412. The van der Waals surface area contributed by atoms with E-state index in [-0.39, 0.29) is 6.04 Å². The Bertz CT molecular complexity index is 562. The molecule has 0 bridgehead atoms. The highest BCUT2D eigenvalue weighted by Crippen LogP contribution is 2.37. The maximum Gasteiger partial charge on any atom is 0.124 e. The van der Waals surface area contributed by atoms with Crippen LogP contribution in [0.25, 0.3) is 0 Å². The van der Waals surface area contributed by atoms with Crippen molar-refractivity contribution in [3.8, 4) is 5.75 Å². The molecule has 1 N–H and O–H groups in total. The van der Waals surface area contributed by atoms with Crippen LogP contribution >= 0.6 is 22.9 Å². The molecule has 0 saturated heterocycles. The van der Waals surface area contributed by atoms with Gasteiger partial charge >= 0.3 is 0 Å². The highest BCUT2D eigenvalue weighted by atomic mass is 35.5. The smallest absolute Gasteiger partial charge is 0.124 e. The van der Waals surface area contributed by atoms with Gasteiger partial charge in [0.15, 0.2) is 0 Å². The Labute approximate surface area is 136 Å². The first-order chi connectivity index (χ1) is 10.2. The Balaban J connectivity index is 2.40. The molecular weight excluding hydrogens is 302 g/mol. The zero-order valence-corrected chi connectivity index (χ0v) is 14.4. The second-order valence-electron chi connectivity index (χ2n) is 4.96. The second kappa shape index (κ2) is 7.83. The lowest BCUT2D eigenvalue weighted by Crippen LogP contribution is -2.23. The topological polar surface area (TPSA) is 21.3 Å². The van der Waals surface area contributed by atoms with Crippen LogP contribution in [0.3, 0.4) is 0 Å². The van der Waals surface area contributed by atoms with Crippen molar-refractivity contribution in [2.75, 3.05) is 13.2 Å². The Morgan fingerprint density at radius 1 is 1.29 bits per heavy atom. The van der Waals surface area contributed by atoms with Crippen molar-refractivity contribution < 1.29 is 4.74 Å². The van der Waals surface area contributed by atoms with Crippen LogP contribution in [0.4, 0.5) is 0 Å². The van der Waals surface area contributed by atoms with Gasteiger partial charge < -0.3 is 10.1 Å². The van der Waals surface area contributed by atoms with Gasteiger partial charge in [0.2, 0.25) is 0 Å². The predicted molar refractivity (Wildman–Crippen MR) is 91.8 cm³/mol. The van der Waals surface area contributed by atoms with Gasteiger partial charge in [-0.1, -0.05) is 36.7 Å². The van der Waals surface area contributed by atoms with Crippen LogP contribution in [0.1, 0.15) is 42.3 Å². The van der Waals surface area contributed by atoms with E-state index in [0.29, 0.717) is 6.61 Å². The Morgan fingerprint density at radius 2 is 2.05 bits per heavy atom. The van der Waals surface area contributed by atoms with Gasteiger partial charge in [0, 0.05) is 10.4 Å². The van der Waals surface area contributed by atoms with Gasteiger partial charge in [0.05, 0.1) is 17.0 Å². The third-order valence-electron chi connectivity index (χ3n) is 3.29. The Kier molecular flexibility index (Phi) is 6.09. The SMILES string of the molecule is CCCNC(c1cc(C)c(Cl)s1)c1ccccc1OCC. The molecule has 4 heteroatoms. The van der Waals surface area contributed by atoms with Crippen molar-refractivity contribution in [1.82, 2.24) is 5.32 Å². The molecule has 0 spiro atoms. The molecule has 114 valence electrons. The summed E-state index contributed by atoms with van der Waals surface area (Å²) in [4.78, 5) is 1.23. The van der Waals surface area contributed by atoms with Crippen LogP contribution in [0.15, 0.2) is 30.3 Å². The lowest BCUT2D eigenvalue weighted by Gasteiger charge is -2.20. The number of para-hydroxylation sites is 1. The van der Waals surface area contributed by atoms with Crippen LogP contribution in [0.2, 0.25) is 4.34 Å². The summed E-state index contributed by atoms with van der Waals surface area (Å²) in [6, 6.07) is 10.5. The van der Waals surface area contributed by atoms with E-state index >= 15 is 0 Å². The number of ether oxygens (including phenoxy) is 1. The number of rotatable bonds is 7. The van der Waals surface area contributed by atoms with Crippen molar-refractivity contribution in [2.24, 2.45) is 0 Å². The van der Waals surface area contributed by atoms with Crippen LogP contribution in [0, 0.1) is 6.92 Å². The van der Waals surface area contributed by atoms with Crippen molar-refractivity contribution in [3.63, 3.8) is 0 Å². The third-order valence-corrected chi connectivity index (χ3v) is 4.91. The number of hydrogen-bond donors (Lipinski definition) is 1. The fourth-order valence-corrected chi connectivity index (χ4v) is 3.60. The van der Waals surface area contributed by atoms with Gasteiger partial charge in [-0.3, -0.25) is 0 Å². The molecule has 0 saturated carbocycles. The molecular formula is C17H22ClNOS. The normalized spacial score (nSPS) is 12.4. The summed E-state index contributed by atoms with van der Waals surface area (Å²) in [5.74, 6) is 0.941. The molecule has 2 rings (SSSR count). The summed E-state index contributed by atoms with van der Waals surface area (Å²) < 4.78 is 6.65. The molecule has 21 heavy (non-hydrogen) atoms. The zero-order valence-electron chi connectivity index (χ0n) is 12.8. The van der Waals surface area contributed by atoms with Gasteiger partial charge in [0.1, 0.15) is 5.75 Å². The number of nitrogens with one attached hydrogen (secondary N) is 1. The Morgan fingerprint density at radius 3 is 2.67 bits per heavy atom. The molecule has 0 amide bonds. The average molecular weight is 324 g/mol. The molecule has 2 aromatic rings. The van der Waals surface area contributed by atoms with Crippen molar-refractivity contribution in [2.45, 2.75) is 33.2 Å². The highest BCUT2D eigenvalue weighted by molar-refractivity contribution is 7.16. The number of hydrogen-bond acceptors (Lipinski definition) is 3. The van der Waals surface area contributed by atoms with Crippen LogP contribution < -0.4 is 10.1 Å². The van der Waals surface area contributed by atoms with E-state index in [1.165, 1.54) is 10.4 Å². The lowest BCUT2D eigenvalue weighted by molar-refractivity contribution is 0.333. The summed E-state index contributed by atoms with van der Waals surface area (Å²) in [6.45, 7) is 7.86. The van der Waals surface area contributed by atoms with E-state index in [9.17, 15) is 0 Å². The number of benzene rings is 1. The minimum absolute atomic E-state index is 0.129. The zero-order chi connectivity index (χ0) is 15.2. The molecule has 0 aliphatic heterocycles. The molecule has 1 atom stereocenters. The third kappa shape index (κ3) is 4.00. The number of aryl methyl sites for hydroxylation is 1. The van der Waals surface area contributed by atoms with E-state index in [1.54, 1.807) is 11.3 Å². The fourth-order valence-electron chi connectivity index (χ4n) is 2.28. The van der Waals surface area contributed by atoms with Gasteiger partial charge in [-0.25, -0.2) is 0 Å². The maximum absolute atomic E-state index is 6.26. The van der Waals surface area contributed by atoms with Gasteiger partial charge in [0.25, 0.3) is 0 Å². The molecule has 1 heterocycles. The summed E-state index contributed by atoms with van der Waals surface area (Å²) >= 11 is 7.90. The quantitative estimate of drug-likeness (QED) is 0.756. The first-order valence-electron chi connectivity index (χ1n) is 7.38. The largest absolute Gasteiger partial charge is 0.494 e.